The molecular formula is C19H25N3O4. The first-order valence-corrected chi connectivity index (χ1v) is 9.37. The smallest absolute Gasteiger partial charge is 0.266 e. The lowest BCUT2D eigenvalue weighted by Crippen LogP contribution is -2.48. The topological polar surface area (TPSA) is 73.7 Å². The lowest BCUT2D eigenvalue weighted by Gasteiger charge is -2.33. The summed E-state index contributed by atoms with van der Waals surface area (Å²) in [5.74, 6) is 0.266. The van der Waals surface area contributed by atoms with Gasteiger partial charge in [-0.05, 0) is 31.7 Å². The minimum Gasteiger partial charge on any atom is -0.377 e. The average molecular weight is 359 g/mol. The highest BCUT2D eigenvalue weighted by Gasteiger charge is 2.44. The normalized spacial score (nSPS) is 29.4. The quantitative estimate of drug-likeness (QED) is 0.753. The van der Waals surface area contributed by atoms with Crippen LogP contribution in [0.2, 0.25) is 0 Å². The zero-order valence-corrected chi connectivity index (χ0v) is 14.9. The lowest BCUT2D eigenvalue weighted by atomic mass is 9.98. The average Bonchev–Trinajstić information content (AvgIpc) is 3.25. The van der Waals surface area contributed by atoms with E-state index in [9.17, 15) is 9.59 Å². The van der Waals surface area contributed by atoms with Crippen LogP contribution in [0.1, 0.15) is 25.7 Å². The number of carbonyl (C=O) groups is 1. The molecule has 1 spiro atoms. The van der Waals surface area contributed by atoms with Crippen molar-refractivity contribution in [2.45, 2.75) is 43.9 Å². The summed E-state index contributed by atoms with van der Waals surface area (Å²) in [5.41, 5.74) is -0.596. The summed E-state index contributed by atoms with van der Waals surface area (Å²) in [4.78, 5) is 26.6. The minimum absolute atomic E-state index is 0.0643. The van der Waals surface area contributed by atoms with Gasteiger partial charge in [0.2, 0.25) is 5.91 Å². The maximum absolute atomic E-state index is 12.8. The van der Waals surface area contributed by atoms with Gasteiger partial charge in [-0.15, -0.1) is 0 Å². The van der Waals surface area contributed by atoms with Crippen LogP contribution >= 0.6 is 0 Å². The number of amides is 1. The van der Waals surface area contributed by atoms with E-state index in [1.165, 1.54) is 10.7 Å². The van der Waals surface area contributed by atoms with Crippen molar-refractivity contribution < 1.29 is 14.3 Å². The Morgan fingerprint density at radius 3 is 3.00 bits per heavy atom. The van der Waals surface area contributed by atoms with E-state index in [0.717, 1.165) is 25.7 Å². The molecule has 0 aromatic carbocycles. The molecule has 4 rings (SSSR count). The van der Waals surface area contributed by atoms with Crippen LogP contribution in [0.5, 0.6) is 0 Å². The maximum atomic E-state index is 12.8. The van der Waals surface area contributed by atoms with Crippen molar-refractivity contribution in [2.24, 2.45) is 5.92 Å². The number of allylic oxidation sites excluding steroid dienone is 2. The summed E-state index contributed by atoms with van der Waals surface area (Å²) in [6.45, 7) is 2.65. The van der Waals surface area contributed by atoms with Crippen molar-refractivity contribution in [3.63, 3.8) is 0 Å². The summed E-state index contributed by atoms with van der Waals surface area (Å²) in [6.07, 6.45) is 9.00. The van der Waals surface area contributed by atoms with E-state index < -0.39 is 5.60 Å². The van der Waals surface area contributed by atoms with Crippen LogP contribution in [0.3, 0.4) is 0 Å². The SMILES string of the molecule is O=C(C1CC=CC1)N1CCOC[C@]2(CC[C@H](Cn3ncccc3=O)O2)C1. The summed E-state index contributed by atoms with van der Waals surface area (Å²) < 4.78 is 13.6. The molecule has 0 N–H and O–H groups in total. The highest BCUT2D eigenvalue weighted by atomic mass is 16.6. The number of ether oxygens (including phenoxy) is 2. The zero-order chi connectivity index (χ0) is 18.0. The Hall–Kier alpha value is -1.99. The molecule has 2 saturated heterocycles. The van der Waals surface area contributed by atoms with Crippen LogP contribution in [0.4, 0.5) is 0 Å². The first-order valence-electron chi connectivity index (χ1n) is 9.37. The molecule has 140 valence electrons. The molecule has 0 radical (unpaired) electrons. The Morgan fingerprint density at radius 2 is 2.19 bits per heavy atom. The van der Waals surface area contributed by atoms with E-state index in [4.69, 9.17) is 9.47 Å². The van der Waals surface area contributed by atoms with E-state index in [1.54, 1.807) is 12.3 Å². The number of nitrogens with zero attached hydrogens (tertiary/aromatic N) is 3. The molecule has 3 heterocycles. The number of hydrogen-bond donors (Lipinski definition) is 0. The molecule has 1 aromatic rings. The third kappa shape index (κ3) is 3.59. The van der Waals surface area contributed by atoms with Crippen molar-refractivity contribution in [1.29, 1.82) is 0 Å². The fourth-order valence-corrected chi connectivity index (χ4v) is 4.13. The van der Waals surface area contributed by atoms with Crippen molar-refractivity contribution in [1.82, 2.24) is 14.7 Å². The van der Waals surface area contributed by atoms with Gasteiger partial charge in [-0.25, -0.2) is 4.68 Å². The first-order chi connectivity index (χ1) is 12.7. The molecule has 0 saturated carbocycles. The van der Waals surface area contributed by atoms with Crippen LogP contribution in [0, 0.1) is 5.92 Å². The summed E-state index contributed by atoms with van der Waals surface area (Å²) >= 11 is 0. The van der Waals surface area contributed by atoms with Crippen LogP contribution < -0.4 is 5.56 Å². The van der Waals surface area contributed by atoms with E-state index in [0.29, 0.717) is 32.8 Å². The monoisotopic (exact) mass is 359 g/mol. The van der Waals surface area contributed by atoms with Gasteiger partial charge in [-0.2, -0.15) is 5.10 Å². The van der Waals surface area contributed by atoms with Gasteiger partial charge in [0.25, 0.3) is 5.56 Å². The fourth-order valence-electron chi connectivity index (χ4n) is 4.13. The Balaban J connectivity index is 1.43. The Labute approximate surface area is 152 Å². The summed E-state index contributed by atoms with van der Waals surface area (Å²) in [5, 5.41) is 4.11. The van der Waals surface area contributed by atoms with E-state index in [-0.39, 0.29) is 23.5 Å². The molecule has 1 aliphatic carbocycles. The highest BCUT2D eigenvalue weighted by Crippen LogP contribution is 2.34. The number of hydrogen-bond acceptors (Lipinski definition) is 5. The summed E-state index contributed by atoms with van der Waals surface area (Å²) in [7, 11) is 0. The van der Waals surface area contributed by atoms with Gasteiger partial charge in [0, 0.05) is 24.7 Å². The van der Waals surface area contributed by atoms with Crippen LogP contribution in [0.25, 0.3) is 0 Å². The molecule has 26 heavy (non-hydrogen) atoms. The third-order valence-corrected chi connectivity index (χ3v) is 5.52. The van der Waals surface area contributed by atoms with Crippen LogP contribution in [-0.2, 0) is 20.8 Å². The molecule has 2 aliphatic heterocycles. The molecule has 7 nitrogen and oxygen atoms in total. The Morgan fingerprint density at radius 1 is 1.35 bits per heavy atom. The Kier molecular flexibility index (Phi) is 4.91. The molecule has 1 amide bonds. The standard InChI is InChI=1S/C19H25N3O4/c23-17-6-3-9-20-22(17)12-16-7-8-19(26-16)13-21(10-11-25-14-19)18(24)15-4-1-2-5-15/h1-3,6,9,15-16H,4-5,7-8,10-14H2/t16-,19+/m1/s1. The van der Waals surface area contributed by atoms with Crippen molar-refractivity contribution in [3.8, 4) is 0 Å². The molecule has 1 aromatic heterocycles. The molecule has 3 aliphatic rings. The number of carbonyl (C=O) groups excluding carboxylic acids is 1. The maximum Gasteiger partial charge on any atom is 0.266 e. The van der Waals surface area contributed by atoms with Crippen LogP contribution in [-0.4, -0.2) is 58.6 Å². The van der Waals surface area contributed by atoms with Gasteiger partial charge in [0.1, 0.15) is 5.60 Å². The van der Waals surface area contributed by atoms with Gasteiger partial charge in [-0.1, -0.05) is 12.2 Å². The van der Waals surface area contributed by atoms with Gasteiger partial charge in [-0.3, -0.25) is 9.59 Å². The molecule has 0 bridgehead atoms. The fraction of sp³-hybridized carbons (Fsp3) is 0.632. The molecule has 0 unspecified atom stereocenters. The van der Waals surface area contributed by atoms with Gasteiger partial charge >= 0.3 is 0 Å². The first kappa shape index (κ1) is 17.4. The molecule has 2 atom stereocenters. The number of rotatable bonds is 3. The van der Waals surface area contributed by atoms with Crippen molar-refractivity contribution >= 4 is 5.91 Å². The second kappa shape index (κ2) is 7.32. The second-order valence-corrected chi connectivity index (χ2v) is 7.46. The number of aromatic nitrogens is 2. The van der Waals surface area contributed by atoms with E-state index >= 15 is 0 Å². The van der Waals surface area contributed by atoms with Crippen molar-refractivity contribution in [3.05, 3.63) is 40.8 Å². The largest absolute Gasteiger partial charge is 0.377 e. The molecule has 7 heteroatoms. The molecule has 2 fully saturated rings. The van der Waals surface area contributed by atoms with E-state index in [2.05, 4.69) is 17.3 Å². The van der Waals surface area contributed by atoms with Crippen molar-refractivity contribution in [2.75, 3.05) is 26.3 Å². The highest BCUT2D eigenvalue weighted by molar-refractivity contribution is 5.79. The lowest BCUT2D eigenvalue weighted by molar-refractivity contribution is -0.140. The predicted molar refractivity (Wildman–Crippen MR) is 94.6 cm³/mol. The van der Waals surface area contributed by atoms with Gasteiger partial charge in [0.05, 0.1) is 32.4 Å². The summed E-state index contributed by atoms with van der Waals surface area (Å²) in [6, 6.07) is 3.14. The van der Waals surface area contributed by atoms with Gasteiger partial charge < -0.3 is 14.4 Å². The van der Waals surface area contributed by atoms with E-state index in [1.807, 2.05) is 4.90 Å². The second-order valence-electron chi connectivity index (χ2n) is 7.46. The van der Waals surface area contributed by atoms with Gasteiger partial charge in [0.15, 0.2) is 0 Å². The minimum atomic E-state index is -0.471. The third-order valence-electron chi connectivity index (χ3n) is 5.52. The predicted octanol–water partition coefficient (Wildman–Crippen LogP) is 0.986. The molecular weight excluding hydrogens is 334 g/mol. The zero-order valence-electron chi connectivity index (χ0n) is 14.9. The Bertz CT molecular complexity index is 738. The van der Waals surface area contributed by atoms with Crippen LogP contribution in [0.15, 0.2) is 35.3 Å².